The molecule has 96 valence electrons. The first-order valence-corrected chi connectivity index (χ1v) is 6.18. The molecule has 0 heterocycles. The molecule has 0 radical (unpaired) electrons. The van der Waals surface area contributed by atoms with Crippen molar-refractivity contribution < 1.29 is 23.0 Å². The molecule has 0 spiro atoms. The highest BCUT2D eigenvalue weighted by atomic mass is 32.2. The number of nitrogens with one attached hydrogen (secondary N) is 1. The predicted octanol–water partition coefficient (Wildman–Crippen LogP) is -0.961. The molecule has 1 rings (SSSR count). The molecule has 1 aromatic rings. The topological polar surface area (TPSA) is 113 Å². The minimum Gasteiger partial charge on any atom is -0.396 e. The average molecular weight is 264 g/mol. The summed E-state index contributed by atoms with van der Waals surface area (Å²) in [7, 11) is -3.94. The summed E-state index contributed by atoms with van der Waals surface area (Å²) in [6.07, 6.45) is 0. The van der Waals surface area contributed by atoms with Crippen molar-refractivity contribution in [2.75, 3.05) is 18.9 Å². The fourth-order valence-electron chi connectivity index (χ4n) is 1.11. The average Bonchev–Trinajstić information content (AvgIpc) is 2.29. The number of hydrogen-bond donors (Lipinski definition) is 4. The minimum absolute atomic E-state index is 0.233. The molecule has 5 N–H and O–H groups in total. The summed E-state index contributed by atoms with van der Waals surface area (Å²) in [6, 6.07) is 1.92. The Balaban J connectivity index is 3.01. The van der Waals surface area contributed by atoms with Crippen LogP contribution in [0.5, 0.6) is 0 Å². The van der Waals surface area contributed by atoms with Crippen molar-refractivity contribution in [3.05, 3.63) is 24.0 Å². The molecule has 0 aliphatic carbocycles. The van der Waals surface area contributed by atoms with E-state index in [9.17, 15) is 12.8 Å². The molecule has 1 aromatic carbocycles. The molecule has 0 saturated heterocycles. The Morgan fingerprint density at radius 2 is 1.94 bits per heavy atom. The molecule has 0 saturated carbocycles. The van der Waals surface area contributed by atoms with Gasteiger partial charge in [0.25, 0.3) is 0 Å². The van der Waals surface area contributed by atoms with Crippen LogP contribution in [0.15, 0.2) is 23.1 Å². The maximum Gasteiger partial charge on any atom is 0.241 e. The molecule has 0 atom stereocenters. The van der Waals surface area contributed by atoms with Crippen molar-refractivity contribution in [1.82, 2.24) is 4.72 Å². The third-order valence-electron chi connectivity index (χ3n) is 2.04. The van der Waals surface area contributed by atoms with E-state index < -0.39 is 35.1 Å². The smallest absolute Gasteiger partial charge is 0.241 e. The van der Waals surface area contributed by atoms with Crippen molar-refractivity contribution in [3.63, 3.8) is 0 Å². The van der Waals surface area contributed by atoms with E-state index in [2.05, 4.69) is 0 Å². The van der Waals surface area contributed by atoms with Gasteiger partial charge in [0.05, 0.1) is 29.8 Å². The van der Waals surface area contributed by atoms with Crippen LogP contribution in [0.4, 0.5) is 10.1 Å². The number of halogens is 1. The van der Waals surface area contributed by atoms with Crippen molar-refractivity contribution in [3.8, 4) is 0 Å². The number of nitrogens with two attached hydrogens (primary N) is 1. The number of aliphatic hydroxyl groups is 2. The Morgan fingerprint density at radius 3 is 2.41 bits per heavy atom. The van der Waals surface area contributed by atoms with Gasteiger partial charge >= 0.3 is 0 Å². The number of nitrogen functional groups attached to an aromatic ring is 1. The Morgan fingerprint density at radius 1 is 1.35 bits per heavy atom. The van der Waals surface area contributed by atoms with Crippen LogP contribution in [0.2, 0.25) is 0 Å². The number of aliphatic hydroxyl groups excluding tert-OH is 2. The Labute approximate surface area is 97.9 Å². The normalized spacial score (nSPS) is 12.0. The first-order valence-electron chi connectivity index (χ1n) is 4.69. The third-order valence-corrected chi connectivity index (χ3v) is 3.56. The van der Waals surface area contributed by atoms with Gasteiger partial charge in [-0.1, -0.05) is 0 Å². The second-order valence-electron chi connectivity index (χ2n) is 3.37. The van der Waals surface area contributed by atoms with E-state index in [1.807, 2.05) is 4.72 Å². The largest absolute Gasteiger partial charge is 0.396 e. The molecule has 17 heavy (non-hydrogen) atoms. The molecular weight excluding hydrogens is 251 g/mol. The lowest BCUT2D eigenvalue weighted by atomic mass is 10.3. The summed E-state index contributed by atoms with van der Waals surface area (Å²) >= 11 is 0. The number of benzene rings is 1. The molecular formula is C9H13FN2O4S. The van der Waals surface area contributed by atoms with Crippen LogP contribution < -0.4 is 10.5 Å². The molecule has 0 bridgehead atoms. The van der Waals surface area contributed by atoms with Crippen molar-refractivity contribution in [2.24, 2.45) is 0 Å². The van der Waals surface area contributed by atoms with Crippen LogP contribution in [-0.2, 0) is 10.0 Å². The lowest BCUT2D eigenvalue weighted by Gasteiger charge is -2.14. The SMILES string of the molecule is Nc1cc(S(=O)(=O)NC(CO)CO)ccc1F. The summed E-state index contributed by atoms with van der Waals surface area (Å²) in [5.41, 5.74) is 4.95. The van der Waals surface area contributed by atoms with Gasteiger partial charge in [0.1, 0.15) is 5.82 Å². The molecule has 0 aliphatic rings. The van der Waals surface area contributed by atoms with E-state index in [1.165, 1.54) is 0 Å². The summed E-state index contributed by atoms with van der Waals surface area (Å²) in [6.45, 7) is -1.10. The van der Waals surface area contributed by atoms with E-state index in [4.69, 9.17) is 15.9 Å². The molecule has 8 heteroatoms. The summed E-state index contributed by atoms with van der Waals surface area (Å²) in [5, 5.41) is 17.5. The Hall–Kier alpha value is -1.22. The maximum atomic E-state index is 12.9. The van der Waals surface area contributed by atoms with E-state index in [0.29, 0.717) is 0 Å². The van der Waals surface area contributed by atoms with Gasteiger partial charge in [-0.15, -0.1) is 0 Å². The van der Waals surface area contributed by atoms with Crippen LogP contribution >= 0.6 is 0 Å². The zero-order valence-corrected chi connectivity index (χ0v) is 9.61. The number of hydrogen-bond acceptors (Lipinski definition) is 5. The lowest BCUT2D eigenvalue weighted by Crippen LogP contribution is -2.40. The van der Waals surface area contributed by atoms with E-state index in [1.54, 1.807) is 0 Å². The van der Waals surface area contributed by atoms with E-state index in [-0.39, 0.29) is 10.6 Å². The van der Waals surface area contributed by atoms with Crippen LogP contribution in [0.1, 0.15) is 0 Å². The van der Waals surface area contributed by atoms with Gasteiger partial charge in [0.15, 0.2) is 0 Å². The van der Waals surface area contributed by atoms with Crippen LogP contribution in [-0.4, -0.2) is 37.9 Å². The van der Waals surface area contributed by atoms with Crippen molar-refractivity contribution in [2.45, 2.75) is 10.9 Å². The van der Waals surface area contributed by atoms with Gasteiger partial charge in [0.2, 0.25) is 10.0 Å². The highest BCUT2D eigenvalue weighted by Crippen LogP contribution is 2.16. The third kappa shape index (κ3) is 3.37. The number of anilines is 1. The molecule has 0 unspecified atom stereocenters. The second kappa shape index (κ2) is 5.41. The Kier molecular flexibility index (Phi) is 4.40. The zero-order chi connectivity index (χ0) is 13.1. The highest BCUT2D eigenvalue weighted by molar-refractivity contribution is 7.89. The molecule has 0 aliphatic heterocycles. The van der Waals surface area contributed by atoms with Crippen LogP contribution in [0.25, 0.3) is 0 Å². The standard InChI is InChI=1S/C9H13FN2O4S/c10-8-2-1-7(3-9(8)11)17(15,16)12-6(4-13)5-14/h1-3,6,12-14H,4-5,11H2. The zero-order valence-electron chi connectivity index (χ0n) is 8.80. The second-order valence-corrected chi connectivity index (χ2v) is 5.08. The molecule has 0 aromatic heterocycles. The first kappa shape index (κ1) is 13.8. The van der Waals surface area contributed by atoms with Gasteiger partial charge < -0.3 is 15.9 Å². The van der Waals surface area contributed by atoms with Crippen LogP contribution in [0.3, 0.4) is 0 Å². The molecule has 0 fully saturated rings. The first-order chi connectivity index (χ1) is 7.90. The van der Waals surface area contributed by atoms with E-state index >= 15 is 0 Å². The maximum absolute atomic E-state index is 12.9. The van der Waals surface area contributed by atoms with Gasteiger partial charge in [0, 0.05) is 0 Å². The van der Waals surface area contributed by atoms with Gasteiger partial charge in [-0.05, 0) is 18.2 Å². The van der Waals surface area contributed by atoms with Gasteiger partial charge in [-0.2, -0.15) is 0 Å². The number of rotatable bonds is 5. The Bertz CT molecular complexity index is 488. The van der Waals surface area contributed by atoms with Gasteiger partial charge in [-0.3, -0.25) is 0 Å². The summed E-state index contributed by atoms with van der Waals surface area (Å²) < 4.78 is 38.3. The predicted molar refractivity (Wildman–Crippen MR) is 59.1 cm³/mol. The monoisotopic (exact) mass is 264 g/mol. The summed E-state index contributed by atoms with van der Waals surface area (Å²) in [4.78, 5) is -0.233. The number of sulfonamides is 1. The lowest BCUT2D eigenvalue weighted by molar-refractivity contribution is 0.185. The van der Waals surface area contributed by atoms with Crippen LogP contribution in [0, 0.1) is 5.82 Å². The minimum atomic E-state index is -3.94. The highest BCUT2D eigenvalue weighted by Gasteiger charge is 2.19. The fraction of sp³-hybridized carbons (Fsp3) is 0.333. The van der Waals surface area contributed by atoms with Crippen molar-refractivity contribution in [1.29, 1.82) is 0 Å². The summed E-state index contributed by atoms with van der Waals surface area (Å²) in [5.74, 6) is -0.718. The fourth-order valence-corrected chi connectivity index (χ4v) is 2.36. The molecule has 0 amide bonds. The van der Waals surface area contributed by atoms with Gasteiger partial charge in [-0.25, -0.2) is 17.5 Å². The quantitative estimate of drug-likeness (QED) is 0.512. The molecule has 6 nitrogen and oxygen atoms in total. The van der Waals surface area contributed by atoms with E-state index in [0.717, 1.165) is 18.2 Å². The van der Waals surface area contributed by atoms with Crippen molar-refractivity contribution >= 4 is 15.7 Å².